The highest BCUT2D eigenvalue weighted by Gasteiger charge is 2.41. The Labute approximate surface area is 108 Å². The predicted molar refractivity (Wildman–Crippen MR) is 71.3 cm³/mol. The van der Waals surface area contributed by atoms with E-state index in [4.69, 9.17) is 15.2 Å². The van der Waals surface area contributed by atoms with Gasteiger partial charge in [0.05, 0.1) is 6.61 Å². The minimum atomic E-state index is -1.04. The fourth-order valence-corrected chi connectivity index (χ4v) is 2.07. The second kappa shape index (κ2) is 5.50. The summed E-state index contributed by atoms with van der Waals surface area (Å²) in [4.78, 5) is 4.40. The molecule has 18 heavy (non-hydrogen) atoms. The van der Waals surface area contributed by atoms with E-state index in [1.807, 2.05) is 31.2 Å². The summed E-state index contributed by atoms with van der Waals surface area (Å²) in [6.45, 7) is 5.19. The molecule has 1 aliphatic rings. The number of unbranched alkanes of at least 4 members (excludes halogenated alkanes) is 1. The maximum absolute atomic E-state index is 5.95. The number of nitrogens with two attached hydrogens (primary N) is 1. The van der Waals surface area contributed by atoms with Crippen molar-refractivity contribution in [1.82, 2.24) is 0 Å². The molecule has 0 saturated heterocycles. The molecular formula is C14H20N2O2. The molecule has 1 unspecified atom stereocenters. The van der Waals surface area contributed by atoms with Gasteiger partial charge in [-0.25, -0.2) is 4.99 Å². The lowest BCUT2D eigenvalue weighted by Gasteiger charge is -2.27. The van der Waals surface area contributed by atoms with Gasteiger partial charge in [0.1, 0.15) is 5.84 Å². The fraction of sp³-hybridized carbons (Fsp3) is 0.500. The average Bonchev–Trinajstić information content (AvgIpc) is 2.65. The van der Waals surface area contributed by atoms with E-state index in [2.05, 4.69) is 11.9 Å². The second-order valence-corrected chi connectivity index (χ2v) is 4.26. The van der Waals surface area contributed by atoms with Gasteiger partial charge in [0.2, 0.25) is 0 Å². The van der Waals surface area contributed by atoms with Gasteiger partial charge in [-0.2, -0.15) is 0 Å². The van der Waals surface area contributed by atoms with Crippen LogP contribution in [-0.2, 0) is 15.4 Å². The van der Waals surface area contributed by atoms with Crippen LogP contribution in [0.15, 0.2) is 29.3 Å². The highest BCUT2D eigenvalue weighted by molar-refractivity contribution is 6.01. The van der Waals surface area contributed by atoms with Crippen LogP contribution in [0.25, 0.3) is 0 Å². The molecule has 0 saturated carbocycles. The van der Waals surface area contributed by atoms with Crippen molar-refractivity contribution >= 4 is 5.84 Å². The van der Waals surface area contributed by atoms with E-state index >= 15 is 0 Å². The molecular weight excluding hydrogens is 228 g/mol. The van der Waals surface area contributed by atoms with Gasteiger partial charge in [0.15, 0.2) is 0 Å². The summed E-state index contributed by atoms with van der Waals surface area (Å²) in [6.07, 6.45) is 2.05. The van der Waals surface area contributed by atoms with E-state index < -0.39 is 5.91 Å². The van der Waals surface area contributed by atoms with Crippen LogP contribution in [0.2, 0.25) is 0 Å². The smallest absolute Gasteiger partial charge is 0.300 e. The van der Waals surface area contributed by atoms with Crippen molar-refractivity contribution in [3.8, 4) is 0 Å². The Morgan fingerprint density at radius 3 is 2.72 bits per heavy atom. The molecule has 0 radical (unpaired) electrons. The van der Waals surface area contributed by atoms with Gasteiger partial charge in [0.25, 0.3) is 0 Å². The molecule has 98 valence electrons. The lowest BCUT2D eigenvalue weighted by atomic mass is 10.1. The summed E-state index contributed by atoms with van der Waals surface area (Å²) in [7, 11) is 0. The monoisotopic (exact) mass is 248 g/mol. The molecule has 2 rings (SSSR count). The first kappa shape index (κ1) is 13.1. The molecule has 1 aromatic carbocycles. The van der Waals surface area contributed by atoms with Crippen molar-refractivity contribution in [2.75, 3.05) is 13.2 Å². The zero-order valence-electron chi connectivity index (χ0n) is 11.0. The van der Waals surface area contributed by atoms with Gasteiger partial charge in [-0.3, -0.25) is 0 Å². The first-order valence-electron chi connectivity index (χ1n) is 6.46. The minimum Gasteiger partial charge on any atom is -0.383 e. The molecule has 1 aromatic rings. The third-order valence-electron chi connectivity index (χ3n) is 2.95. The third kappa shape index (κ3) is 2.26. The van der Waals surface area contributed by atoms with Crippen molar-refractivity contribution in [2.45, 2.75) is 32.6 Å². The number of rotatable bonds is 6. The molecule has 0 amide bonds. The number of hydrogen-bond acceptors (Lipinski definition) is 4. The topological polar surface area (TPSA) is 56.8 Å². The van der Waals surface area contributed by atoms with Gasteiger partial charge in [0, 0.05) is 17.7 Å². The number of benzene rings is 1. The number of nitrogens with zero attached hydrogens (tertiary/aromatic N) is 1. The van der Waals surface area contributed by atoms with Crippen molar-refractivity contribution in [3.05, 3.63) is 35.4 Å². The van der Waals surface area contributed by atoms with E-state index in [9.17, 15) is 0 Å². The number of ether oxygens (including phenoxy) is 2. The zero-order valence-corrected chi connectivity index (χ0v) is 11.0. The quantitative estimate of drug-likeness (QED) is 0.621. The molecule has 4 heteroatoms. The standard InChI is InChI=1S/C14H20N2O2/c1-3-5-10-18-14(17-4-2)12-9-7-6-8-11(12)13(15)16-14/h6-9H,3-5,10H2,1-2H3,(H2,15,16). The molecule has 1 atom stereocenters. The van der Waals surface area contributed by atoms with Crippen molar-refractivity contribution < 1.29 is 9.47 Å². The number of fused-ring (bicyclic) bond motifs is 1. The highest BCUT2D eigenvalue weighted by atomic mass is 16.7. The Morgan fingerprint density at radius 2 is 2.00 bits per heavy atom. The largest absolute Gasteiger partial charge is 0.383 e. The summed E-state index contributed by atoms with van der Waals surface area (Å²) in [5, 5.41) is 0. The molecule has 0 aromatic heterocycles. The van der Waals surface area contributed by atoms with Crippen LogP contribution in [0.5, 0.6) is 0 Å². The molecule has 0 fully saturated rings. The zero-order chi connectivity index (χ0) is 13.0. The second-order valence-electron chi connectivity index (χ2n) is 4.26. The Hall–Kier alpha value is -1.39. The molecule has 0 spiro atoms. The van der Waals surface area contributed by atoms with Crippen LogP contribution in [-0.4, -0.2) is 19.0 Å². The third-order valence-corrected chi connectivity index (χ3v) is 2.95. The Kier molecular flexibility index (Phi) is 3.99. The summed E-state index contributed by atoms with van der Waals surface area (Å²) >= 11 is 0. The molecule has 4 nitrogen and oxygen atoms in total. The average molecular weight is 248 g/mol. The first-order valence-corrected chi connectivity index (χ1v) is 6.46. The SMILES string of the molecule is CCCCOC1(OCC)N=C(N)c2ccccc21. The molecule has 2 N–H and O–H groups in total. The van der Waals surface area contributed by atoms with Crippen LogP contribution < -0.4 is 5.73 Å². The Balaban J connectivity index is 2.31. The normalized spacial score (nSPS) is 21.8. The summed E-state index contributed by atoms with van der Waals surface area (Å²) < 4.78 is 11.6. The van der Waals surface area contributed by atoms with Crippen LogP contribution in [0, 0.1) is 0 Å². The van der Waals surface area contributed by atoms with E-state index in [1.54, 1.807) is 0 Å². The van der Waals surface area contributed by atoms with Crippen LogP contribution in [0.1, 0.15) is 37.8 Å². The summed E-state index contributed by atoms with van der Waals surface area (Å²) in [5.41, 5.74) is 7.75. The van der Waals surface area contributed by atoms with E-state index in [1.165, 1.54) is 0 Å². The van der Waals surface area contributed by atoms with Crippen molar-refractivity contribution in [2.24, 2.45) is 10.7 Å². The number of aliphatic imine (C=N–C) groups is 1. The van der Waals surface area contributed by atoms with Gasteiger partial charge >= 0.3 is 5.91 Å². The molecule has 1 aliphatic heterocycles. The van der Waals surface area contributed by atoms with E-state index in [0.717, 1.165) is 24.0 Å². The number of amidine groups is 1. The van der Waals surface area contributed by atoms with Gasteiger partial charge in [-0.1, -0.05) is 37.6 Å². The van der Waals surface area contributed by atoms with E-state index in [-0.39, 0.29) is 0 Å². The van der Waals surface area contributed by atoms with Crippen molar-refractivity contribution in [3.63, 3.8) is 0 Å². The lowest BCUT2D eigenvalue weighted by molar-refractivity contribution is -0.237. The van der Waals surface area contributed by atoms with Gasteiger partial charge in [-0.05, 0) is 13.3 Å². The highest BCUT2D eigenvalue weighted by Crippen LogP contribution is 2.37. The molecule has 0 aliphatic carbocycles. The number of hydrogen-bond donors (Lipinski definition) is 1. The van der Waals surface area contributed by atoms with Gasteiger partial charge in [-0.15, -0.1) is 0 Å². The fourth-order valence-electron chi connectivity index (χ4n) is 2.07. The van der Waals surface area contributed by atoms with E-state index in [0.29, 0.717) is 19.0 Å². The van der Waals surface area contributed by atoms with Crippen molar-refractivity contribution in [1.29, 1.82) is 0 Å². The maximum atomic E-state index is 5.95. The van der Waals surface area contributed by atoms with Gasteiger partial charge < -0.3 is 15.2 Å². The first-order chi connectivity index (χ1) is 8.73. The lowest BCUT2D eigenvalue weighted by Crippen LogP contribution is -2.30. The maximum Gasteiger partial charge on any atom is 0.300 e. The molecule has 1 heterocycles. The molecule has 0 bridgehead atoms. The summed E-state index contributed by atoms with van der Waals surface area (Å²) in [6, 6.07) is 7.79. The predicted octanol–water partition coefficient (Wildman–Crippen LogP) is 2.37. The van der Waals surface area contributed by atoms with Crippen LogP contribution in [0.3, 0.4) is 0 Å². The summed E-state index contributed by atoms with van der Waals surface area (Å²) in [5.74, 6) is -0.555. The Bertz CT molecular complexity index is 445. The minimum absolute atomic E-state index is 0.482. The van der Waals surface area contributed by atoms with Crippen LogP contribution in [0.4, 0.5) is 0 Å². The van der Waals surface area contributed by atoms with Crippen LogP contribution >= 0.6 is 0 Å². The Morgan fingerprint density at radius 1 is 1.22 bits per heavy atom.